The number of methoxy groups -OCH3 is 4. The number of rotatable bonds is 13. The van der Waals surface area contributed by atoms with Crippen molar-refractivity contribution in [3.8, 4) is 34.5 Å². The molecule has 186 valence electrons. The number of aliphatic carboxylic acids is 2. The number of aromatic hydroxyl groups is 2. The van der Waals surface area contributed by atoms with Crippen molar-refractivity contribution < 1.29 is 49.0 Å². The normalized spacial score (nSPS) is 12.5. The highest BCUT2D eigenvalue weighted by atomic mass is 16.5. The van der Waals surface area contributed by atoms with Crippen molar-refractivity contribution in [2.75, 3.05) is 28.4 Å². The summed E-state index contributed by atoms with van der Waals surface area (Å²) in [5.41, 5.74) is 1.16. The second-order valence-electron chi connectivity index (χ2n) is 7.74. The maximum absolute atomic E-state index is 12.3. The van der Waals surface area contributed by atoms with Crippen molar-refractivity contribution in [2.24, 2.45) is 11.8 Å². The Balaban J connectivity index is 2.46. The zero-order valence-corrected chi connectivity index (χ0v) is 19.5. The summed E-state index contributed by atoms with van der Waals surface area (Å²) >= 11 is 0. The summed E-state index contributed by atoms with van der Waals surface area (Å²) in [4.78, 5) is 23.6. The first-order chi connectivity index (χ1) is 16.1. The van der Waals surface area contributed by atoms with Crippen LogP contribution in [0.3, 0.4) is 0 Å². The van der Waals surface area contributed by atoms with Crippen molar-refractivity contribution in [3.05, 3.63) is 35.4 Å². The fourth-order valence-electron chi connectivity index (χ4n) is 3.90. The largest absolute Gasteiger partial charge is 0.502 e. The number of benzene rings is 2. The predicted octanol–water partition coefficient (Wildman–Crippen LogP) is 3.10. The lowest BCUT2D eigenvalue weighted by atomic mass is 9.80. The standard InChI is InChI=1S/C24H30O10/c1-31-17-9-13(10-18(32-2)22(17)27)7-15(5-6-21(25)26)16(24(29)30)8-14-11-19(33-3)23(28)20(12-14)34-4/h9-12,15-16,27-28H,5-8H2,1-4H3,(H,25,26)(H,29,30)/t15-,16-/m0/s1. The molecule has 0 unspecified atom stereocenters. The highest BCUT2D eigenvalue weighted by Crippen LogP contribution is 2.40. The topological polar surface area (TPSA) is 152 Å². The maximum Gasteiger partial charge on any atom is 0.307 e. The molecule has 0 bridgehead atoms. The van der Waals surface area contributed by atoms with Crippen LogP contribution in [0.15, 0.2) is 24.3 Å². The van der Waals surface area contributed by atoms with Gasteiger partial charge in [-0.1, -0.05) is 0 Å². The van der Waals surface area contributed by atoms with Crippen LogP contribution < -0.4 is 18.9 Å². The number of hydrogen-bond acceptors (Lipinski definition) is 8. The van der Waals surface area contributed by atoms with Gasteiger partial charge >= 0.3 is 11.9 Å². The Morgan fingerprint density at radius 1 is 0.735 bits per heavy atom. The molecular formula is C24H30O10. The molecule has 0 aromatic heterocycles. The van der Waals surface area contributed by atoms with Crippen LogP contribution in [-0.4, -0.2) is 60.8 Å². The molecule has 0 radical (unpaired) electrons. The van der Waals surface area contributed by atoms with Gasteiger partial charge in [0.1, 0.15) is 0 Å². The lowest BCUT2D eigenvalue weighted by Gasteiger charge is -2.25. The van der Waals surface area contributed by atoms with Crippen LogP contribution in [0.1, 0.15) is 24.0 Å². The lowest BCUT2D eigenvalue weighted by molar-refractivity contribution is -0.145. The van der Waals surface area contributed by atoms with Crippen LogP contribution in [0.25, 0.3) is 0 Å². The molecule has 0 saturated heterocycles. The van der Waals surface area contributed by atoms with Crippen LogP contribution in [0.5, 0.6) is 34.5 Å². The fraction of sp³-hybridized carbons (Fsp3) is 0.417. The molecule has 0 aliphatic rings. The van der Waals surface area contributed by atoms with Crippen molar-refractivity contribution in [1.29, 1.82) is 0 Å². The molecule has 0 amide bonds. The molecule has 0 saturated carbocycles. The summed E-state index contributed by atoms with van der Waals surface area (Å²) in [6.07, 6.45) is 0.121. The van der Waals surface area contributed by atoms with E-state index in [9.17, 15) is 30.0 Å². The first kappa shape index (κ1) is 26.4. The Morgan fingerprint density at radius 2 is 1.12 bits per heavy atom. The molecule has 2 atom stereocenters. The minimum atomic E-state index is -1.10. The Hall–Kier alpha value is -3.82. The van der Waals surface area contributed by atoms with Crippen molar-refractivity contribution in [1.82, 2.24) is 0 Å². The van der Waals surface area contributed by atoms with E-state index in [1.54, 1.807) is 12.1 Å². The van der Waals surface area contributed by atoms with Crippen molar-refractivity contribution in [3.63, 3.8) is 0 Å². The van der Waals surface area contributed by atoms with E-state index in [-0.39, 0.29) is 60.2 Å². The molecule has 10 heteroatoms. The lowest BCUT2D eigenvalue weighted by Crippen LogP contribution is -2.28. The summed E-state index contributed by atoms with van der Waals surface area (Å²) in [6.45, 7) is 0. The number of ether oxygens (including phenoxy) is 4. The highest BCUT2D eigenvalue weighted by Gasteiger charge is 2.30. The quantitative estimate of drug-likeness (QED) is 0.338. The first-order valence-electron chi connectivity index (χ1n) is 10.5. The Kier molecular flexibility index (Phi) is 9.23. The zero-order chi connectivity index (χ0) is 25.4. The van der Waals surface area contributed by atoms with E-state index in [1.807, 2.05) is 0 Å². The van der Waals surface area contributed by atoms with E-state index in [0.29, 0.717) is 11.1 Å². The van der Waals surface area contributed by atoms with Gasteiger partial charge in [-0.25, -0.2) is 0 Å². The van der Waals surface area contributed by atoms with Gasteiger partial charge in [-0.3, -0.25) is 9.59 Å². The fourth-order valence-corrected chi connectivity index (χ4v) is 3.90. The number of carboxylic acids is 2. The second-order valence-corrected chi connectivity index (χ2v) is 7.74. The summed E-state index contributed by atoms with van der Waals surface area (Å²) < 4.78 is 20.7. The van der Waals surface area contributed by atoms with Gasteiger partial charge in [0.25, 0.3) is 0 Å². The SMILES string of the molecule is COc1cc(C[C@H](CCC(=O)O)[C@H](Cc2cc(OC)c(O)c(OC)c2)C(=O)O)cc(OC)c1O. The van der Waals surface area contributed by atoms with E-state index < -0.39 is 23.8 Å². The van der Waals surface area contributed by atoms with Crippen LogP contribution in [-0.2, 0) is 22.4 Å². The minimum Gasteiger partial charge on any atom is -0.502 e. The molecular weight excluding hydrogens is 448 g/mol. The Morgan fingerprint density at radius 3 is 1.44 bits per heavy atom. The Bertz CT molecular complexity index is 967. The van der Waals surface area contributed by atoms with Gasteiger partial charge in [-0.15, -0.1) is 0 Å². The van der Waals surface area contributed by atoms with E-state index in [0.717, 1.165) is 0 Å². The van der Waals surface area contributed by atoms with Crippen LogP contribution in [0.4, 0.5) is 0 Å². The molecule has 0 aliphatic carbocycles. The van der Waals surface area contributed by atoms with Crippen molar-refractivity contribution in [2.45, 2.75) is 25.7 Å². The molecule has 0 spiro atoms. The van der Waals surface area contributed by atoms with Crippen molar-refractivity contribution >= 4 is 11.9 Å². The first-order valence-corrected chi connectivity index (χ1v) is 10.5. The van der Waals surface area contributed by atoms with Gasteiger partial charge in [0, 0.05) is 6.42 Å². The van der Waals surface area contributed by atoms with E-state index in [1.165, 1.54) is 40.6 Å². The van der Waals surface area contributed by atoms with E-state index in [2.05, 4.69) is 0 Å². The molecule has 34 heavy (non-hydrogen) atoms. The molecule has 0 aliphatic heterocycles. The van der Waals surface area contributed by atoms with Crippen LogP contribution >= 0.6 is 0 Å². The van der Waals surface area contributed by atoms with Gasteiger partial charge in [0.15, 0.2) is 23.0 Å². The molecule has 0 fully saturated rings. The summed E-state index contributed by atoms with van der Waals surface area (Å²) in [6, 6.07) is 6.18. The highest BCUT2D eigenvalue weighted by molar-refractivity contribution is 5.72. The third-order valence-corrected chi connectivity index (χ3v) is 5.65. The minimum absolute atomic E-state index is 0.0406. The average molecular weight is 478 g/mol. The third-order valence-electron chi connectivity index (χ3n) is 5.65. The molecule has 2 aromatic rings. The van der Waals surface area contributed by atoms with Gasteiger partial charge < -0.3 is 39.4 Å². The van der Waals surface area contributed by atoms with Crippen LogP contribution in [0, 0.1) is 11.8 Å². The number of carbonyl (C=O) groups is 2. The van der Waals surface area contributed by atoms with Gasteiger partial charge in [-0.2, -0.15) is 0 Å². The molecule has 0 heterocycles. The summed E-state index contributed by atoms with van der Waals surface area (Å²) in [5.74, 6) is -3.50. The predicted molar refractivity (Wildman–Crippen MR) is 121 cm³/mol. The van der Waals surface area contributed by atoms with E-state index in [4.69, 9.17) is 18.9 Å². The molecule has 10 nitrogen and oxygen atoms in total. The Labute approximate surface area is 197 Å². The van der Waals surface area contributed by atoms with E-state index >= 15 is 0 Å². The molecule has 4 N–H and O–H groups in total. The second kappa shape index (κ2) is 11.9. The number of phenols is 2. The average Bonchev–Trinajstić information content (AvgIpc) is 2.81. The van der Waals surface area contributed by atoms with Gasteiger partial charge in [0.05, 0.1) is 34.4 Å². The molecule has 2 rings (SSSR count). The monoisotopic (exact) mass is 478 g/mol. The number of hydrogen-bond donors (Lipinski definition) is 4. The van der Waals surface area contributed by atoms with Gasteiger partial charge in [0.2, 0.25) is 11.5 Å². The summed E-state index contributed by atoms with van der Waals surface area (Å²) in [5, 5.41) is 39.6. The number of phenolic OH excluding ortho intramolecular Hbond substituents is 2. The van der Waals surface area contributed by atoms with Gasteiger partial charge in [-0.05, 0) is 60.6 Å². The van der Waals surface area contributed by atoms with Crippen LogP contribution in [0.2, 0.25) is 0 Å². The number of carboxylic acid groups (broad SMARTS) is 2. The zero-order valence-electron chi connectivity index (χ0n) is 19.5. The third kappa shape index (κ3) is 6.37. The summed E-state index contributed by atoms with van der Waals surface area (Å²) in [7, 11) is 5.50. The smallest absolute Gasteiger partial charge is 0.307 e. The molecule has 2 aromatic carbocycles. The maximum atomic E-state index is 12.3.